The van der Waals surface area contributed by atoms with Crippen molar-refractivity contribution in [3.05, 3.63) is 177 Å². The number of benzene rings is 7. The molecule has 0 radical (unpaired) electrons. The molecule has 7 aromatic carbocycles. The molecule has 7 aromatic rings. The molecule has 0 heterocycles. The zero-order valence-corrected chi connectivity index (χ0v) is 43.5. The van der Waals surface area contributed by atoms with Crippen molar-refractivity contribution >= 4 is 0 Å². The molecular weight excluding hydrogens is 793 g/mol. The Hall–Kier alpha value is -5.46. The van der Waals surface area contributed by atoms with Gasteiger partial charge in [-0.1, -0.05) is 220 Å². The summed E-state index contributed by atoms with van der Waals surface area (Å²) in [5.41, 5.74) is 29.8. The van der Waals surface area contributed by atoms with Crippen LogP contribution in [0.15, 0.2) is 121 Å². The van der Waals surface area contributed by atoms with Crippen LogP contribution in [0.4, 0.5) is 0 Å². The van der Waals surface area contributed by atoms with Gasteiger partial charge in [0.1, 0.15) is 0 Å². The quantitative estimate of drug-likeness (QED) is 0.165. The molecule has 9 rings (SSSR count). The van der Waals surface area contributed by atoms with E-state index in [1.807, 2.05) is 0 Å². The van der Waals surface area contributed by atoms with Crippen molar-refractivity contribution in [3.63, 3.8) is 0 Å². The maximum Gasteiger partial charge on any atom is 0.0159 e. The van der Waals surface area contributed by atoms with E-state index in [0.29, 0.717) is 0 Å². The molecule has 0 fully saturated rings. The van der Waals surface area contributed by atoms with Crippen LogP contribution in [0.2, 0.25) is 0 Å². The third-order valence-electron chi connectivity index (χ3n) is 15.6. The molecule has 0 unspecified atom stereocenters. The third kappa shape index (κ3) is 7.52. The SMILES string of the molecule is Cc1cc(-c2ccc(-c3cc(C(C)(C)C)cc4c3-c3ccc(C(C)(C)C)cc3C4(C)C)cc2)c(C)cc1-c1ccc(-c2cc(C(C)(C)C)cc3c2-c2ccc(C(C)(C)C)cc2C3(C)C)cc1. The minimum atomic E-state index is -0.0872. The van der Waals surface area contributed by atoms with Crippen molar-refractivity contribution in [2.45, 2.75) is 157 Å². The van der Waals surface area contributed by atoms with Gasteiger partial charge in [-0.25, -0.2) is 0 Å². The van der Waals surface area contributed by atoms with Crippen LogP contribution in [0.3, 0.4) is 0 Å². The number of fused-ring (bicyclic) bond motifs is 6. The second-order valence-corrected chi connectivity index (χ2v) is 25.3. The fraction of sp³-hybridized carbons (Fsp3) is 0.364. The van der Waals surface area contributed by atoms with Crippen LogP contribution in [0.25, 0.3) is 66.8 Å². The minimum absolute atomic E-state index is 0.0272. The molecule has 0 aliphatic heterocycles. The van der Waals surface area contributed by atoms with Crippen LogP contribution in [0.1, 0.15) is 166 Å². The largest absolute Gasteiger partial charge is 0.0579 e. The van der Waals surface area contributed by atoms with E-state index in [1.165, 1.54) is 122 Å². The van der Waals surface area contributed by atoms with E-state index >= 15 is 0 Å². The van der Waals surface area contributed by atoms with Crippen molar-refractivity contribution in [3.8, 4) is 66.8 Å². The maximum absolute atomic E-state index is 2.50. The topological polar surface area (TPSA) is 0 Å². The minimum Gasteiger partial charge on any atom is -0.0579 e. The Morgan fingerprint density at radius 1 is 0.273 bits per heavy atom. The summed E-state index contributed by atoms with van der Waals surface area (Å²) >= 11 is 0. The van der Waals surface area contributed by atoms with Crippen molar-refractivity contribution in [2.75, 3.05) is 0 Å². The van der Waals surface area contributed by atoms with Crippen molar-refractivity contribution in [1.82, 2.24) is 0 Å². The number of aryl methyl sites for hydroxylation is 2. The van der Waals surface area contributed by atoms with Crippen LogP contribution in [-0.2, 0) is 32.5 Å². The van der Waals surface area contributed by atoms with E-state index < -0.39 is 0 Å². The van der Waals surface area contributed by atoms with E-state index in [0.717, 1.165) is 0 Å². The summed E-state index contributed by atoms with van der Waals surface area (Å²) in [6.45, 7) is 42.2. The van der Waals surface area contributed by atoms with Crippen molar-refractivity contribution in [1.29, 1.82) is 0 Å². The Kier molecular flexibility index (Phi) is 10.4. The molecule has 0 saturated carbocycles. The van der Waals surface area contributed by atoms with Crippen LogP contribution in [0.5, 0.6) is 0 Å². The van der Waals surface area contributed by atoms with Crippen LogP contribution in [0, 0.1) is 13.8 Å². The standard InChI is InChI=1S/C66H74/c1-39-31-52(42-21-25-44(26-22-42)54-34-48(64(12,13)14)38-58-60(54)50-30-28-46(62(6,7)8)36-56(50)66(58,17)18)40(2)32-51(39)41-19-23-43(24-20-41)53-33-47(63(9,10)11)37-57-59(53)49-29-27-45(61(3,4)5)35-55(49)65(57,15)16/h19-38H,1-18H3. The average Bonchev–Trinajstić information content (AvgIpc) is 3.61. The monoisotopic (exact) mass is 867 g/mol. The van der Waals surface area contributed by atoms with E-state index in [9.17, 15) is 0 Å². The Morgan fingerprint density at radius 2 is 0.545 bits per heavy atom. The zero-order chi connectivity index (χ0) is 47.8. The highest BCUT2D eigenvalue weighted by atomic mass is 14.4. The first-order valence-corrected chi connectivity index (χ1v) is 24.6. The van der Waals surface area contributed by atoms with Gasteiger partial charge < -0.3 is 0 Å². The average molecular weight is 867 g/mol. The van der Waals surface area contributed by atoms with Gasteiger partial charge in [-0.15, -0.1) is 0 Å². The Labute approximate surface area is 399 Å². The van der Waals surface area contributed by atoms with Gasteiger partial charge in [0.15, 0.2) is 0 Å². The highest BCUT2D eigenvalue weighted by molar-refractivity contribution is 5.95. The predicted octanol–water partition coefficient (Wildman–Crippen LogP) is 18.8. The Balaban J connectivity index is 1.07. The lowest BCUT2D eigenvalue weighted by molar-refractivity contribution is 0.579. The normalized spacial score (nSPS) is 15.1. The second-order valence-electron chi connectivity index (χ2n) is 25.3. The van der Waals surface area contributed by atoms with E-state index in [1.54, 1.807) is 0 Å². The van der Waals surface area contributed by atoms with Gasteiger partial charge in [-0.2, -0.15) is 0 Å². The molecule has 0 nitrogen and oxygen atoms in total. The lowest BCUT2D eigenvalue weighted by atomic mass is 9.76. The van der Waals surface area contributed by atoms with Crippen molar-refractivity contribution in [2.24, 2.45) is 0 Å². The first-order valence-electron chi connectivity index (χ1n) is 24.6. The predicted molar refractivity (Wildman–Crippen MR) is 288 cm³/mol. The smallest absolute Gasteiger partial charge is 0.0159 e. The lowest BCUT2D eigenvalue weighted by Gasteiger charge is -2.27. The van der Waals surface area contributed by atoms with E-state index in [2.05, 4.69) is 246 Å². The summed E-state index contributed by atoms with van der Waals surface area (Å²) in [6.07, 6.45) is 0. The van der Waals surface area contributed by atoms with Crippen molar-refractivity contribution < 1.29 is 0 Å². The summed E-state index contributed by atoms with van der Waals surface area (Å²) in [5, 5.41) is 0. The molecule has 2 aliphatic rings. The molecule has 0 spiro atoms. The summed E-state index contributed by atoms with van der Waals surface area (Å²) in [5.74, 6) is 0. The summed E-state index contributed by atoms with van der Waals surface area (Å²) < 4.78 is 0. The van der Waals surface area contributed by atoms with E-state index in [-0.39, 0.29) is 32.5 Å². The van der Waals surface area contributed by atoms with Gasteiger partial charge in [-0.3, -0.25) is 0 Å². The fourth-order valence-corrected chi connectivity index (χ4v) is 11.1. The number of hydrogen-bond acceptors (Lipinski definition) is 0. The molecule has 0 N–H and O–H groups in total. The van der Waals surface area contributed by atoms with Crippen LogP contribution < -0.4 is 0 Å². The van der Waals surface area contributed by atoms with Gasteiger partial charge in [-0.05, 0) is 170 Å². The molecule has 66 heavy (non-hydrogen) atoms. The summed E-state index contributed by atoms with van der Waals surface area (Å²) in [7, 11) is 0. The number of rotatable bonds is 4. The highest BCUT2D eigenvalue weighted by Gasteiger charge is 2.41. The number of hydrogen-bond donors (Lipinski definition) is 0. The molecule has 0 bridgehead atoms. The molecule has 0 saturated heterocycles. The van der Waals surface area contributed by atoms with Gasteiger partial charge in [0, 0.05) is 10.8 Å². The zero-order valence-electron chi connectivity index (χ0n) is 43.5. The van der Waals surface area contributed by atoms with Crippen LogP contribution in [-0.4, -0.2) is 0 Å². The highest BCUT2D eigenvalue weighted by Crippen LogP contribution is 2.56. The summed E-state index contributed by atoms with van der Waals surface area (Å²) in [6, 6.07) is 48.1. The molecule has 0 amide bonds. The summed E-state index contributed by atoms with van der Waals surface area (Å²) in [4.78, 5) is 0. The van der Waals surface area contributed by atoms with Gasteiger partial charge in [0.05, 0.1) is 0 Å². The van der Waals surface area contributed by atoms with E-state index in [4.69, 9.17) is 0 Å². The fourth-order valence-electron chi connectivity index (χ4n) is 11.1. The molecular formula is C66H74. The molecule has 338 valence electrons. The Morgan fingerprint density at radius 3 is 0.833 bits per heavy atom. The Bertz CT molecular complexity index is 2860. The van der Waals surface area contributed by atoms with Gasteiger partial charge in [0.2, 0.25) is 0 Å². The van der Waals surface area contributed by atoms with Gasteiger partial charge >= 0.3 is 0 Å². The molecule has 0 heteroatoms. The third-order valence-corrected chi connectivity index (χ3v) is 15.6. The molecule has 0 aromatic heterocycles. The molecule has 0 atom stereocenters. The lowest BCUT2D eigenvalue weighted by Crippen LogP contribution is -2.19. The first-order chi connectivity index (χ1) is 30.6. The van der Waals surface area contributed by atoms with Crippen LogP contribution >= 0.6 is 0 Å². The first kappa shape index (κ1) is 45.7. The van der Waals surface area contributed by atoms with Gasteiger partial charge in [0.25, 0.3) is 0 Å². The maximum atomic E-state index is 2.50. The molecule has 2 aliphatic carbocycles. The second kappa shape index (κ2) is 15.0.